The second-order valence-electron chi connectivity index (χ2n) is 4.31. The van der Waals surface area contributed by atoms with Crippen molar-refractivity contribution in [3.63, 3.8) is 0 Å². The molecule has 2 rings (SSSR count). The van der Waals surface area contributed by atoms with E-state index in [1.54, 1.807) is 14.0 Å². The molecule has 1 N–H and O–H groups in total. The van der Waals surface area contributed by atoms with Crippen LogP contribution in [-0.2, 0) is 11.2 Å². The van der Waals surface area contributed by atoms with Gasteiger partial charge in [0, 0.05) is 5.56 Å². The van der Waals surface area contributed by atoms with Gasteiger partial charge >= 0.3 is 5.97 Å². The highest BCUT2D eigenvalue weighted by atomic mass is 16.5. The third-order valence-corrected chi connectivity index (χ3v) is 3.32. The van der Waals surface area contributed by atoms with Crippen molar-refractivity contribution < 1.29 is 14.6 Å². The third kappa shape index (κ3) is 2.18. The van der Waals surface area contributed by atoms with Gasteiger partial charge in [0.15, 0.2) is 0 Å². The molecule has 1 aliphatic carbocycles. The van der Waals surface area contributed by atoms with Gasteiger partial charge in [-0.15, -0.1) is 0 Å². The zero-order chi connectivity index (χ0) is 12.4. The SMILES string of the molecule is COc1cccc2c1C=C(C(C)C(=O)O)CC2. The summed E-state index contributed by atoms with van der Waals surface area (Å²) in [6.45, 7) is 1.73. The van der Waals surface area contributed by atoms with Crippen LogP contribution in [0.3, 0.4) is 0 Å². The molecular weight excluding hydrogens is 216 g/mol. The van der Waals surface area contributed by atoms with E-state index in [-0.39, 0.29) is 0 Å². The highest BCUT2D eigenvalue weighted by Crippen LogP contribution is 2.33. The van der Waals surface area contributed by atoms with Gasteiger partial charge in [0.05, 0.1) is 13.0 Å². The van der Waals surface area contributed by atoms with E-state index >= 15 is 0 Å². The molecule has 0 fully saturated rings. The first-order valence-electron chi connectivity index (χ1n) is 5.72. The Morgan fingerprint density at radius 2 is 2.18 bits per heavy atom. The van der Waals surface area contributed by atoms with E-state index < -0.39 is 11.9 Å². The highest BCUT2D eigenvalue weighted by molar-refractivity contribution is 5.77. The molecule has 1 unspecified atom stereocenters. The van der Waals surface area contributed by atoms with Crippen LogP contribution in [0, 0.1) is 5.92 Å². The zero-order valence-corrected chi connectivity index (χ0v) is 10.1. The van der Waals surface area contributed by atoms with Crippen LogP contribution >= 0.6 is 0 Å². The summed E-state index contributed by atoms with van der Waals surface area (Å²) in [5.74, 6) is -0.375. The lowest BCUT2D eigenvalue weighted by Crippen LogP contribution is -2.15. The van der Waals surface area contributed by atoms with Crippen LogP contribution < -0.4 is 4.74 Å². The molecule has 0 saturated heterocycles. The summed E-state index contributed by atoms with van der Waals surface area (Å²) >= 11 is 0. The van der Waals surface area contributed by atoms with Gasteiger partial charge in [0.25, 0.3) is 0 Å². The maximum Gasteiger partial charge on any atom is 0.310 e. The van der Waals surface area contributed by atoms with Gasteiger partial charge in [0.2, 0.25) is 0 Å². The molecule has 1 aromatic carbocycles. The Morgan fingerprint density at radius 3 is 2.82 bits per heavy atom. The van der Waals surface area contributed by atoms with Crippen LogP contribution in [0.2, 0.25) is 0 Å². The average Bonchev–Trinajstić information content (AvgIpc) is 2.36. The number of aliphatic carboxylic acids is 1. The number of hydrogen-bond donors (Lipinski definition) is 1. The monoisotopic (exact) mass is 232 g/mol. The Kier molecular flexibility index (Phi) is 3.18. The molecule has 0 heterocycles. The summed E-state index contributed by atoms with van der Waals surface area (Å²) in [6, 6.07) is 5.94. The van der Waals surface area contributed by atoms with Crippen molar-refractivity contribution in [2.24, 2.45) is 5.92 Å². The standard InChI is InChI=1S/C14H16O3/c1-9(14(15)16)11-7-6-10-4-3-5-13(17-2)12(10)8-11/h3-5,8-9H,6-7H2,1-2H3,(H,15,16). The van der Waals surface area contributed by atoms with Crippen molar-refractivity contribution in [1.82, 2.24) is 0 Å². The fourth-order valence-corrected chi connectivity index (χ4v) is 2.19. The molecule has 0 aliphatic heterocycles. The summed E-state index contributed by atoms with van der Waals surface area (Å²) < 4.78 is 5.31. The largest absolute Gasteiger partial charge is 0.496 e. The predicted octanol–water partition coefficient (Wildman–Crippen LogP) is 2.75. The lowest BCUT2D eigenvalue weighted by molar-refractivity contribution is -0.139. The smallest absolute Gasteiger partial charge is 0.310 e. The van der Waals surface area contributed by atoms with E-state index in [2.05, 4.69) is 6.07 Å². The van der Waals surface area contributed by atoms with Crippen LogP contribution in [0.1, 0.15) is 24.5 Å². The van der Waals surface area contributed by atoms with E-state index in [1.165, 1.54) is 5.56 Å². The molecule has 3 heteroatoms. The molecule has 0 bridgehead atoms. The minimum Gasteiger partial charge on any atom is -0.496 e. The second kappa shape index (κ2) is 4.62. The minimum absolute atomic E-state index is 0.423. The molecule has 1 atom stereocenters. The van der Waals surface area contributed by atoms with Crippen molar-refractivity contribution in [2.75, 3.05) is 7.11 Å². The third-order valence-electron chi connectivity index (χ3n) is 3.32. The van der Waals surface area contributed by atoms with E-state index in [0.29, 0.717) is 0 Å². The maximum atomic E-state index is 11.0. The number of methoxy groups -OCH3 is 1. The molecule has 90 valence electrons. The first-order chi connectivity index (χ1) is 8.13. The van der Waals surface area contributed by atoms with Gasteiger partial charge in [-0.25, -0.2) is 0 Å². The lowest BCUT2D eigenvalue weighted by Gasteiger charge is -2.20. The number of fused-ring (bicyclic) bond motifs is 1. The van der Waals surface area contributed by atoms with Crippen molar-refractivity contribution in [3.05, 3.63) is 34.9 Å². The van der Waals surface area contributed by atoms with Crippen LogP contribution in [0.25, 0.3) is 6.08 Å². The summed E-state index contributed by atoms with van der Waals surface area (Å²) in [5, 5.41) is 9.04. The number of carbonyl (C=O) groups is 1. The van der Waals surface area contributed by atoms with Gasteiger partial charge in [0.1, 0.15) is 5.75 Å². The normalized spacial score (nSPS) is 15.8. The molecule has 0 aromatic heterocycles. The summed E-state index contributed by atoms with van der Waals surface area (Å²) in [6.07, 6.45) is 3.67. The Morgan fingerprint density at radius 1 is 1.41 bits per heavy atom. The Balaban J connectivity index is 2.42. The topological polar surface area (TPSA) is 46.5 Å². The van der Waals surface area contributed by atoms with Crippen molar-refractivity contribution >= 4 is 12.0 Å². The molecule has 1 aliphatic rings. The van der Waals surface area contributed by atoms with E-state index in [1.807, 2.05) is 18.2 Å². The molecule has 17 heavy (non-hydrogen) atoms. The number of ether oxygens (including phenoxy) is 1. The first kappa shape index (κ1) is 11.7. The van der Waals surface area contributed by atoms with Crippen molar-refractivity contribution in [3.8, 4) is 5.75 Å². The average molecular weight is 232 g/mol. The Labute approximate surface area is 101 Å². The van der Waals surface area contributed by atoms with Gasteiger partial charge in [-0.1, -0.05) is 23.8 Å². The fraction of sp³-hybridized carbons (Fsp3) is 0.357. The van der Waals surface area contributed by atoms with E-state index in [9.17, 15) is 4.79 Å². The van der Waals surface area contributed by atoms with E-state index in [0.717, 1.165) is 29.7 Å². The molecule has 0 amide bonds. The van der Waals surface area contributed by atoms with Crippen molar-refractivity contribution in [1.29, 1.82) is 0 Å². The van der Waals surface area contributed by atoms with Crippen LogP contribution in [0.5, 0.6) is 5.75 Å². The predicted molar refractivity (Wildman–Crippen MR) is 66.1 cm³/mol. The number of carboxylic acids is 1. The summed E-state index contributed by atoms with van der Waals surface area (Å²) in [5.41, 5.74) is 3.23. The fourth-order valence-electron chi connectivity index (χ4n) is 2.19. The van der Waals surface area contributed by atoms with Gasteiger partial charge in [-0.05, 0) is 31.4 Å². The van der Waals surface area contributed by atoms with Crippen molar-refractivity contribution in [2.45, 2.75) is 19.8 Å². The number of benzene rings is 1. The summed E-state index contributed by atoms with van der Waals surface area (Å²) in [4.78, 5) is 11.0. The number of aryl methyl sites for hydroxylation is 1. The van der Waals surface area contributed by atoms with Gasteiger partial charge < -0.3 is 9.84 Å². The molecule has 3 nitrogen and oxygen atoms in total. The zero-order valence-electron chi connectivity index (χ0n) is 10.1. The molecule has 0 radical (unpaired) electrons. The van der Waals surface area contributed by atoms with Crippen LogP contribution in [-0.4, -0.2) is 18.2 Å². The lowest BCUT2D eigenvalue weighted by atomic mass is 9.86. The van der Waals surface area contributed by atoms with E-state index in [4.69, 9.17) is 9.84 Å². The van der Waals surface area contributed by atoms with Gasteiger partial charge in [-0.3, -0.25) is 4.79 Å². The Hall–Kier alpha value is -1.77. The number of hydrogen-bond acceptors (Lipinski definition) is 2. The Bertz CT molecular complexity index is 474. The minimum atomic E-state index is -0.769. The maximum absolute atomic E-state index is 11.0. The number of rotatable bonds is 3. The van der Waals surface area contributed by atoms with Crippen LogP contribution in [0.15, 0.2) is 23.8 Å². The quantitative estimate of drug-likeness (QED) is 0.871. The van der Waals surface area contributed by atoms with Gasteiger partial charge in [-0.2, -0.15) is 0 Å². The molecule has 0 spiro atoms. The first-order valence-corrected chi connectivity index (χ1v) is 5.72. The second-order valence-corrected chi connectivity index (χ2v) is 4.31. The molecule has 1 aromatic rings. The van der Waals surface area contributed by atoms with Crippen LogP contribution in [0.4, 0.5) is 0 Å². The number of carboxylic acid groups (broad SMARTS) is 1. The highest BCUT2D eigenvalue weighted by Gasteiger charge is 2.21. The molecule has 0 saturated carbocycles. The molecular formula is C14H16O3. The summed E-state index contributed by atoms with van der Waals surface area (Å²) in [7, 11) is 1.64.